The summed E-state index contributed by atoms with van der Waals surface area (Å²) < 4.78 is 5.34. The van der Waals surface area contributed by atoms with E-state index in [4.69, 9.17) is 4.74 Å². The first-order chi connectivity index (χ1) is 17.0. The standard InChI is InChI=1S/C30H34N2O3/c1-4-5-7-19-29(33)32(24-14-8-6-9-15-24)28-20-22(2)31(27-18-11-10-17-26(27)28)30(34)23-13-12-16-25(21-23)35-3/h6,8-18,21-22,28H,4-5,7,19-20H2,1-3H3/t22-,28-/m0/s1. The van der Waals surface area contributed by atoms with Gasteiger partial charge < -0.3 is 14.5 Å². The van der Waals surface area contributed by atoms with E-state index in [0.29, 0.717) is 24.2 Å². The minimum absolute atomic E-state index is 0.0668. The third kappa shape index (κ3) is 5.24. The molecule has 0 unspecified atom stereocenters. The minimum Gasteiger partial charge on any atom is -0.497 e. The molecule has 0 bridgehead atoms. The molecule has 3 aromatic rings. The molecule has 0 aromatic heterocycles. The van der Waals surface area contributed by atoms with Gasteiger partial charge in [-0.1, -0.05) is 62.2 Å². The molecule has 1 aliphatic heterocycles. The van der Waals surface area contributed by atoms with E-state index in [9.17, 15) is 9.59 Å². The number of anilines is 2. The summed E-state index contributed by atoms with van der Waals surface area (Å²) in [7, 11) is 1.60. The molecule has 1 heterocycles. The molecule has 1 aliphatic rings. The van der Waals surface area contributed by atoms with Crippen LogP contribution in [0.15, 0.2) is 78.9 Å². The fourth-order valence-corrected chi connectivity index (χ4v) is 4.96. The van der Waals surface area contributed by atoms with Gasteiger partial charge in [-0.25, -0.2) is 0 Å². The number of unbranched alkanes of at least 4 members (excludes halogenated alkanes) is 2. The SMILES string of the molecule is CCCCCC(=O)N(c1ccccc1)[C@H]1C[C@H](C)N(C(=O)c2cccc(OC)c2)c2ccccc21. The lowest BCUT2D eigenvalue weighted by molar-refractivity contribution is -0.119. The Kier molecular flexibility index (Phi) is 7.86. The van der Waals surface area contributed by atoms with Crippen LogP contribution in [0.2, 0.25) is 0 Å². The molecule has 0 fully saturated rings. The number of ether oxygens (including phenoxy) is 1. The van der Waals surface area contributed by atoms with Crippen LogP contribution in [0.4, 0.5) is 11.4 Å². The van der Waals surface area contributed by atoms with Crippen LogP contribution in [0.5, 0.6) is 5.75 Å². The lowest BCUT2D eigenvalue weighted by atomic mass is 9.89. The Morgan fingerprint density at radius 2 is 1.71 bits per heavy atom. The van der Waals surface area contributed by atoms with Gasteiger partial charge in [-0.15, -0.1) is 0 Å². The van der Waals surface area contributed by atoms with Crippen molar-refractivity contribution in [3.8, 4) is 5.75 Å². The van der Waals surface area contributed by atoms with Gasteiger partial charge in [0.1, 0.15) is 5.75 Å². The molecule has 5 heteroatoms. The molecule has 182 valence electrons. The average Bonchev–Trinajstić information content (AvgIpc) is 2.89. The van der Waals surface area contributed by atoms with Gasteiger partial charge in [-0.2, -0.15) is 0 Å². The largest absolute Gasteiger partial charge is 0.497 e. The maximum absolute atomic E-state index is 13.7. The number of rotatable bonds is 8. The number of carbonyl (C=O) groups excluding carboxylic acids is 2. The van der Waals surface area contributed by atoms with Crippen LogP contribution in [-0.4, -0.2) is 25.0 Å². The third-order valence-corrected chi connectivity index (χ3v) is 6.70. The normalized spacial score (nSPS) is 16.9. The quantitative estimate of drug-likeness (QED) is 0.341. The number of hydrogen-bond acceptors (Lipinski definition) is 3. The zero-order chi connectivity index (χ0) is 24.8. The van der Waals surface area contributed by atoms with Crippen LogP contribution in [0.1, 0.15) is 67.9 Å². The number of amides is 2. The summed E-state index contributed by atoms with van der Waals surface area (Å²) in [4.78, 5) is 31.1. The van der Waals surface area contributed by atoms with Crippen molar-refractivity contribution >= 4 is 23.2 Å². The van der Waals surface area contributed by atoms with E-state index in [1.807, 2.05) is 82.6 Å². The molecular formula is C30H34N2O3. The zero-order valence-corrected chi connectivity index (χ0v) is 20.8. The Labute approximate surface area is 208 Å². The number of para-hydroxylation sites is 2. The van der Waals surface area contributed by atoms with Crippen molar-refractivity contribution in [1.82, 2.24) is 0 Å². The molecule has 5 nitrogen and oxygen atoms in total. The first-order valence-corrected chi connectivity index (χ1v) is 12.5. The van der Waals surface area contributed by atoms with Gasteiger partial charge in [0.2, 0.25) is 5.91 Å². The van der Waals surface area contributed by atoms with Gasteiger partial charge in [-0.3, -0.25) is 9.59 Å². The van der Waals surface area contributed by atoms with Crippen LogP contribution in [0, 0.1) is 0 Å². The highest BCUT2D eigenvalue weighted by Gasteiger charge is 2.38. The number of hydrogen-bond donors (Lipinski definition) is 0. The van der Waals surface area contributed by atoms with Crippen molar-refractivity contribution in [3.63, 3.8) is 0 Å². The van der Waals surface area contributed by atoms with Crippen molar-refractivity contribution in [2.45, 2.75) is 58.0 Å². The van der Waals surface area contributed by atoms with Gasteiger partial charge in [0, 0.05) is 29.4 Å². The Balaban J connectivity index is 1.73. The van der Waals surface area contributed by atoms with Crippen molar-refractivity contribution in [3.05, 3.63) is 90.0 Å². The molecule has 0 spiro atoms. The van der Waals surface area contributed by atoms with E-state index in [2.05, 4.69) is 13.8 Å². The molecule has 2 amide bonds. The lowest BCUT2D eigenvalue weighted by Crippen LogP contribution is -2.47. The second-order valence-corrected chi connectivity index (χ2v) is 9.12. The predicted molar refractivity (Wildman–Crippen MR) is 141 cm³/mol. The zero-order valence-electron chi connectivity index (χ0n) is 20.8. The van der Waals surface area contributed by atoms with E-state index >= 15 is 0 Å². The van der Waals surface area contributed by atoms with E-state index in [1.165, 1.54) is 0 Å². The van der Waals surface area contributed by atoms with E-state index < -0.39 is 0 Å². The maximum Gasteiger partial charge on any atom is 0.258 e. The van der Waals surface area contributed by atoms with Crippen molar-refractivity contribution in [1.29, 1.82) is 0 Å². The summed E-state index contributed by atoms with van der Waals surface area (Å²) in [5, 5.41) is 0. The Hall–Kier alpha value is -3.60. The highest BCUT2D eigenvalue weighted by atomic mass is 16.5. The topological polar surface area (TPSA) is 49.9 Å². The second kappa shape index (κ2) is 11.2. The molecule has 35 heavy (non-hydrogen) atoms. The summed E-state index contributed by atoms with van der Waals surface area (Å²) in [6.45, 7) is 4.21. The monoisotopic (exact) mass is 470 g/mol. The van der Waals surface area contributed by atoms with Crippen molar-refractivity contribution in [2.75, 3.05) is 16.9 Å². The molecule has 2 atom stereocenters. The minimum atomic E-state index is -0.146. The van der Waals surface area contributed by atoms with Crippen LogP contribution >= 0.6 is 0 Å². The fraction of sp³-hybridized carbons (Fsp3) is 0.333. The molecule has 0 saturated heterocycles. The number of methoxy groups -OCH3 is 1. The van der Waals surface area contributed by atoms with Gasteiger partial charge in [-0.05, 0) is 61.7 Å². The summed E-state index contributed by atoms with van der Waals surface area (Å²) in [5.74, 6) is 0.715. The van der Waals surface area contributed by atoms with Crippen molar-refractivity contribution in [2.24, 2.45) is 0 Å². The van der Waals surface area contributed by atoms with Crippen LogP contribution in [0.25, 0.3) is 0 Å². The highest BCUT2D eigenvalue weighted by Crippen LogP contribution is 2.43. The van der Waals surface area contributed by atoms with Gasteiger partial charge in [0.25, 0.3) is 5.91 Å². The number of carbonyl (C=O) groups is 2. The first kappa shape index (κ1) is 24.5. The Morgan fingerprint density at radius 1 is 0.971 bits per heavy atom. The first-order valence-electron chi connectivity index (χ1n) is 12.5. The van der Waals surface area contributed by atoms with Crippen LogP contribution in [0.3, 0.4) is 0 Å². The summed E-state index contributed by atoms with van der Waals surface area (Å²) in [6, 6.07) is 24.9. The van der Waals surface area contributed by atoms with E-state index in [1.54, 1.807) is 13.2 Å². The third-order valence-electron chi connectivity index (χ3n) is 6.70. The Bertz CT molecular complexity index is 1160. The molecule has 0 radical (unpaired) electrons. The summed E-state index contributed by atoms with van der Waals surface area (Å²) in [6.07, 6.45) is 4.16. The van der Waals surface area contributed by atoms with Gasteiger partial charge in [0.15, 0.2) is 0 Å². The smallest absolute Gasteiger partial charge is 0.258 e. The number of benzene rings is 3. The van der Waals surface area contributed by atoms with Crippen LogP contribution in [-0.2, 0) is 4.79 Å². The second-order valence-electron chi connectivity index (χ2n) is 9.12. The van der Waals surface area contributed by atoms with E-state index in [-0.39, 0.29) is 23.9 Å². The average molecular weight is 471 g/mol. The Morgan fingerprint density at radius 3 is 2.46 bits per heavy atom. The summed E-state index contributed by atoms with van der Waals surface area (Å²) in [5.41, 5.74) is 3.33. The van der Waals surface area contributed by atoms with Gasteiger partial charge in [0.05, 0.1) is 13.2 Å². The summed E-state index contributed by atoms with van der Waals surface area (Å²) >= 11 is 0. The number of fused-ring (bicyclic) bond motifs is 1. The predicted octanol–water partition coefficient (Wildman–Crippen LogP) is 6.79. The van der Waals surface area contributed by atoms with Crippen molar-refractivity contribution < 1.29 is 14.3 Å². The molecule has 0 N–H and O–H groups in total. The molecule has 4 rings (SSSR count). The van der Waals surface area contributed by atoms with E-state index in [0.717, 1.165) is 36.2 Å². The maximum atomic E-state index is 13.7. The molecule has 3 aromatic carbocycles. The number of nitrogens with zero attached hydrogens (tertiary/aromatic N) is 2. The van der Waals surface area contributed by atoms with Crippen LogP contribution < -0.4 is 14.5 Å². The molecular weight excluding hydrogens is 436 g/mol. The van der Waals surface area contributed by atoms with Gasteiger partial charge >= 0.3 is 0 Å². The fourth-order valence-electron chi connectivity index (χ4n) is 4.96. The molecule has 0 saturated carbocycles. The highest BCUT2D eigenvalue weighted by molar-refractivity contribution is 6.08. The lowest BCUT2D eigenvalue weighted by Gasteiger charge is -2.43. The molecule has 0 aliphatic carbocycles.